The lowest BCUT2D eigenvalue weighted by Gasteiger charge is -2.02. The number of carbonyl (C=O) groups excluding carboxylic acids is 1. The Kier molecular flexibility index (Phi) is 3.73. The summed E-state index contributed by atoms with van der Waals surface area (Å²) < 4.78 is 10.4. The summed E-state index contributed by atoms with van der Waals surface area (Å²) in [4.78, 5) is 11.7. The van der Waals surface area contributed by atoms with Crippen molar-refractivity contribution in [2.24, 2.45) is 0 Å². The molecule has 0 amide bonds. The second-order valence-corrected chi connectivity index (χ2v) is 4.89. The molecule has 0 radical (unpaired) electrons. The summed E-state index contributed by atoms with van der Waals surface area (Å²) in [5.74, 6) is 1.26. The van der Waals surface area contributed by atoms with Crippen molar-refractivity contribution in [3.05, 3.63) is 71.3 Å². The van der Waals surface area contributed by atoms with E-state index in [2.05, 4.69) is 0 Å². The van der Waals surface area contributed by atoms with E-state index in [9.17, 15) is 4.79 Å². The van der Waals surface area contributed by atoms with E-state index in [-0.39, 0.29) is 5.97 Å². The SMILES string of the molecule is COc1ccc(CC/C=C2/OC(=O)c3ccccc32)cc1. The number of methoxy groups -OCH3 is 1. The smallest absolute Gasteiger partial charge is 0.344 e. The van der Waals surface area contributed by atoms with Gasteiger partial charge in [0, 0.05) is 5.56 Å². The molecule has 1 aliphatic rings. The number of cyclic esters (lactones) is 1. The van der Waals surface area contributed by atoms with E-state index in [1.54, 1.807) is 13.2 Å². The zero-order valence-corrected chi connectivity index (χ0v) is 11.8. The van der Waals surface area contributed by atoms with E-state index in [4.69, 9.17) is 9.47 Å². The number of rotatable bonds is 4. The highest BCUT2D eigenvalue weighted by atomic mass is 16.5. The van der Waals surface area contributed by atoms with Crippen LogP contribution in [0.5, 0.6) is 5.75 Å². The first-order chi connectivity index (χ1) is 10.3. The summed E-state index contributed by atoms with van der Waals surface area (Å²) in [6.07, 6.45) is 3.70. The van der Waals surface area contributed by atoms with Crippen LogP contribution in [-0.2, 0) is 11.2 Å². The number of ether oxygens (including phenoxy) is 2. The van der Waals surface area contributed by atoms with Gasteiger partial charge in [-0.15, -0.1) is 0 Å². The van der Waals surface area contributed by atoms with E-state index in [1.807, 2.05) is 48.5 Å². The Morgan fingerprint density at radius 2 is 1.76 bits per heavy atom. The van der Waals surface area contributed by atoms with Gasteiger partial charge in [-0.1, -0.05) is 30.3 Å². The zero-order chi connectivity index (χ0) is 14.7. The molecule has 0 N–H and O–H groups in total. The quantitative estimate of drug-likeness (QED) is 0.798. The summed E-state index contributed by atoms with van der Waals surface area (Å²) in [6.45, 7) is 0. The van der Waals surface area contributed by atoms with Crippen molar-refractivity contribution in [3.63, 3.8) is 0 Å². The molecule has 106 valence electrons. The molecule has 0 saturated heterocycles. The van der Waals surface area contributed by atoms with Crippen LogP contribution < -0.4 is 4.74 Å². The van der Waals surface area contributed by atoms with Gasteiger partial charge in [-0.2, -0.15) is 0 Å². The van der Waals surface area contributed by atoms with Crippen LogP contribution in [0.15, 0.2) is 54.6 Å². The molecule has 2 aromatic rings. The van der Waals surface area contributed by atoms with Gasteiger partial charge in [0.2, 0.25) is 0 Å². The maximum atomic E-state index is 11.7. The van der Waals surface area contributed by atoms with Crippen LogP contribution in [0.2, 0.25) is 0 Å². The third kappa shape index (κ3) is 2.82. The molecule has 0 fully saturated rings. The molecule has 0 spiro atoms. The Balaban J connectivity index is 1.68. The van der Waals surface area contributed by atoms with E-state index >= 15 is 0 Å². The van der Waals surface area contributed by atoms with Gasteiger partial charge in [0.05, 0.1) is 12.7 Å². The van der Waals surface area contributed by atoms with Crippen molar-refractivity contribution < 1.29 is 14.3 Å². The Labute approximate surface area is 123 Å². The van der Waals surface area contributed by atoms with Crippen molar-refractivity contribution >= 4 is 11.7 Å². The minimum atomic E-state index is -0.263. The Morgan fingerprint density at radius 1 is 1.05 bits per heavy atom. The highest BCUT2D eigenvalue weighted by Crippen LogP contribution is 2.29. The van der Waals surface area contributed by atoms with E-state index in [1.165, 1.54) is 5.56 Å². The number of allylic oxidation sites excluding steroid dienone is 1. The Hall–Kier alpha value is -2.55. The number of carbonyl (C=O) groups is 1. The number of hydrogen-bond donors (Lipinski definition) is 0. The highest BCUT2D eigenvalue weighted by Gasteiger charge is 2.24. The fourth-order valence-corrected chi connectivity index (χ4v) is 2.40. The summed E-state index contributed by atoms with van der Waals surface area (Å²) in [5.41, 5.74) is 2.76. The van der Waals surface area contributed by atoms with Crippen LogP contribution in [0.3, 0.4) is 0 Å². The van der Waals surface area contributed by atoms with Crippen molar-refractivity contribution in [2.75, 3.05) is 7.11 Å². The molecule has 0 atom stereocenters. The van der Waals surface area contributed by atoms with Crippen molar-refractivity contribution in [1.29, 1.82) is 0 Å². The third-order valence-corrected chi connectivity index (χ3v) is 3.54. The molecule has 1 heterocycles. The second kappa shape index (κ2) is 5.83. The predicted octanol–water partition coefficient (Wildman–Crippen LogP) is 3.84. The van der Waals surface area contributed by atoms with Gasteiger partial charge in [-0.25, -0.2) is 4.79 Å². The van der Waals surface area contributed by atoms with Crippen molar-refractivity contribution in [1.82, 2.24) is 0 Å². The molecule has 21 heavy (non-hydrogen) atoms. The van der Waals surface area contributed by atoms with E-state index in [0.717, 1.165) is 24.2 Å². The Morgan fingerprint density at radius 3 is 2.48 bits per heavy atom. The number of esters is 1. The number of aryl methyl sites for hydroxylation is 1. The number of fused-ring (bicyclic) bond motifs is 1. The topological polar surface area (TPSA) is 35.5 Å². The second-order valence-electron chi connectivity index (χ2n) is 4.89. The first kappa shape index (κ1) is 13.4. The fraction of sp³-hybridized carbons (Fsp3) is 0.167. The fourth-order valence-electron chi connectivity index (χ4n) is 2.40. The lowest BCUT2D eigenvalue weighted by molar-refractivity contribution is 0.0715. The molecule has 0 bridgehead atoms. The van der Waals surface area contributed by atoms with Gasteiger partial charge >= 0.3 is 5.97 Å². The molecule has 2 aromatic carbocycles. The summed E-state index contributed by atoms with van der Waals surface area (Å²) in [5, 5.41) is 0. The van der Waals surface area contributed by atoms with Gasteiger partial charge in [0.15, 0.2) is 0 Å². The van der Waals surface area contributed by atoms with Gasteiger partial charge in [-0.05, 0) is 42.7 Å². The van der Waals surface area contributed by atoms with Gasteiger partial charge in [0.25, 0.3) is 0 Å². The first-order valence-corrected chi connectivity index (χ1v) is 6.92. The van der Waals surface area contributed by atoms with Gasteiger partial charge < -0.3 is 9.47 Å². The maximum absolute atomic E-state index is 11.7. The highest BCUT2D eigenvalue weighted by molar-refractivity contribution is 6.02. The number of benzene rings is 2. The summed E-state index contributed by atoms with van der Waals surface area (Å²) >= 11 is 0. The van der Waals surface area contributed by atoms with Crippen molar-refractivity contribution in [2.45, 2.75) is 12.8 Å². The normalized spacial score (nSPS) is 14.9. The van der Waals surface area contributed by atoms with Crippen LogP contribution in [0, 0.1) is 0 Å². The summed E-state index contributed by atoms with van der Waals surface area (Å²) in [6, 6.07) is 15.5. The molecule has 0 aliphatic carbocycles. The minimum absolute atomic E-state index is 0.263. The van der Waals surface area contributed by atoms with Gasteiger partial charge in [0.1, 0.15) is 11.5 Å². The average molecular weight is 280 g/mol. The average Bonchev–Trinajstić information content (AvgIpc) is 2.85. The van der Waals surface area contributed by atoms with E-state index in [0.29, 0.717) is 11.3 Å². The van der Waals surface area contributed by atoms with Crippen LogP contribution in [0.25, 0.3) is 5.76 Å². The predicted molar refractivity (Wildman–Crippen MR) is 81.1 cm³/mol. The molecular formula is C18H16O3. The standard InChI is InChI=1S/C18H16O3/c1-20-14-11-9-13(10-12-14)5-4-8-17-15-6-2-3-7-16(15)18(19)21-17/h2-3,6-12H,4-5H2,1H3/b17-8+. The minimum Gasteiger partial charge on any atom is -0.497 e. The Bertz CT molecular complexity index is 684. The van der Waals surface area contributed by atoms with Gasteiger partial charge in [-0.3, -0.25) is 0 Å². The molecule has 3 heteroatoms. The zero-order valence-electron chi connectivity index (χ0n) is 11.8. The molecule has 1 aliphatic heterocycles. The lowest BCUT2D eigenvalue weighted by atomic mass is 10.1. The third-order valence-electron chi connectivity index (χ3n) is 3.54. The molecular weight excluding hydrogens is 264 g/mol. The van der Waals surface area contributed by atoms with Crippen LogP contribution in [0.4, 0.5) is 0 Å². The van der Waals surface area contributed by atoms with Crippen molar-refractivity contribution in [3.8, 4) is 5.75 Å². The summed E-state index contributed by atoms with van der Waals surface area (Å²) in [7, 11) is 1.66. The molecule has 0 unspecified atom stereocenters. The lowest BCUT2D eigenvalue weighted by Crippen LogP contribution is -1.92. The van der Waals surface area contributed by atoms with Crippen LogP contribution >= 0.6 is 0 Å². The molecule has 3 nitrogen and oxygen atoms in total. The van der Waals surface area contributed by atoms with Crippen LogP contribution in [0.1, 0.15) is 27.9 Å². The maximum Gasteiger partial charge on any atom is 0.344 e. The monoisotopic (exact) mass is 280 g/mol. The first-order valence-electron chi connectivity index (χ1n) is 6.92. The molecule has 0 aromatic heterocycles. The van der Waals surface area contributed by atoms with Crippen LogP contribution in [-0.4, -0.2) is 13.1 Å². The largest absolute Gasteiger partial charge is 0.497 e. The molecule has 3 rings (SSSR count). The number of hydrogen-bond acceptors (Lipinski definition) is 3. The molecule has 0 saturated carbocycles. The van der Waals surface area contributed by atoms with E-state index < -0.39 is 0 Å².